The molecule has 1 amide bonds. The largest absolute Gasteiger partial charge is 0.493 e. The van der Waals surface area contributed by atoms with Gasteiger partial charge in [0.25, 0.3) is 5.91 Å². The summed E-state index contributed by atoms with van der Waals surface area (Å²) in [5, 5.41) is 11.9. The average Bonchev–Trinajstić information content (AvgIpc) is 3.11. The Bertz CT molecular complexity index is 610. The van der Waals surface area contributed by atoms with E-state index in [0.717, 1.165) is 25.7 Å². The van der Waals surface area contributed by atoms with E-state index in [1.165, 1.54) is 0 Å². The van der Waals surface area contributed by atoms with Crippen LogP contribution >= 0.6 is 0 Å². The van der Waals surface area contributed by atoms with Gasteiger partial charge in [-0.2, -0.15) is 0 Å². The molecule has 1 saturated carbocycles. The molecule has 0 heterocycles. The van der Waals surface area contributed by atoms with Crippen LogP contribution < -0.4 is 14.8 Å². The van der Waals surface area contributed by atoms with Crippen LogP contribution in [0.3, 0.4) is 0 Å². The van der Waals surface area contributed by atoms with Crippen molar-refractivity contribution in [2.75, 3.05) is 7.11 Å². The van der Waals surface area contributed by atoms with E-state index in [0.29, 0.717) is 23.5 Å². The number of rotatable bonds is 8. The van der Waals surface area contributed by atoms with Crippen LogP contribution in [0, 0.1) is 5.92 Å². The third-order valence-electron chi connectivity index (χ3n) is 4.79. The van der Waals surface area contributed by atoms with E-state index in [1.807, 2.05) is 13.8 Å². The monoisotopic (exact) mass is 349 g/mol. The molecule has 0 saturated heterocycles. The van der Waals surface area contributed by atoms with Gasteiger partial charge in [0.05, 0.1) is 13.2 Å². The van der Waals surface area contributed by atoms with Gasteiger partial charge in [-0.1, -0.05) is 20.3 Å². The van der Waals surface area contributed by atoms with Crippen LogP contribution in [0.1, 0.15) is 56.3 Å². The van der Waals surface area contributed by atoms with Crippen molar-refractivity contribution in [1.29, 1.82) is 0 Å². The molecule has 2 atom stereocenters. The Labute approximate surface area is 148 Å². The van der Waals surface area contributed by atoms with Gasteiger partial charge in [0.15, 0.2) is 11.5 Å². The van der Waals surface area contributed by atoms with Gasteiger partial charge >= 0.3 is 5.97 Å². The molecule has 0 aliphatic heterocycles. The number of methoxy groups -OCH3 is 1. The minimum atomic E-state index is -1.03. The molecule has 1 fully saturated rings. The van der Waals surface area contributed by atoms with Crippen molar-refractivity contribution >= 4 is 11.9 Å². The molecule has 138 valence electrons. The quantitative estimate of drug-likeness (QED) is 0.752. The van der Waals surface area contributed by atoms with Gasteiger partial charge in [-0.15, -0.1) is 0 Å². The van der Waals surface area contributed by atoms with E-state index in [-0.39, 0.29) is 12.0 Å². The number of benzene rings is 1. The van der Waals surface area contributed by atoms with Crippen LogP contribution in [0.5, 0.6) is 11.5 Å². The fraction of sp³-hybridized carbons (Fsp3) is 0.579. The number of amides is 1. The number of carbonyl (C=O) groups excluding carboxylic acids is 1. The fourth-order valence-electron chi connectivity index (χ4n) is 3.00. The molecule has 6 nitrogen and oxygen atoms in total. The average molecular weight is 349 g/mol. The lowest BCUT2D eigenvalue weighted by molar-refractivity contribution is -0.140. The van der Waals surface area contributed by atoms with Crippen molar-refractivity contribution in [3.05, 3.63) is 23.8 Å². The molecule has 0 radical (unpaired) electrons. The highest BCUT2D eigenvalue weighted by Crippen LogP contribution is 2.32. The zero-order valence-corrected chi connectivity index (χ0v) is 15.1. The number of nitrogens with one attached hydrogen (secondary N) is 1. The molecule has 1 aromatic carbocycles. The summed E-state index contributed by atoms with van der Waals surface area (Å²) in [5.74, 6) is -0.517. The summed E-state index contributed by atoms with van der Waals surface area (Å²) in [6, 6.07) is 4.00. The van der Waals surface area contributed by atoms with Crippen LogP contribution in [0.2, 0.25) is 0 Å². The number of ether oxygens (including phenoxy) is 2. The summed E-state index contributed by atoms with van der Waals surface area (Å²) in [4.78, 5) is 23.9. The Balaban J connectivity index is 2.16. The third kappa shape index (κ3) is 4.87. The van der Waals surface area contributed by atoms with E-state index in [2.05, 4.69) is 5.32 Å². The molecular formula is C19H27NO5. The van der Waals surface area contributed by atoms with Gasteiger partial charge in [0.2, 0.25) is 0 Å². The Kier molecular flexibility index (Phi) is 6.67. The van der Waals surface area contributed by atoms with E-state index in [1.54, 1.807) is 25.3 Å². The zero-order valence-electron chi connectivity index (χ0n) is 15.1. The minimum absolute atomic E-state index is 0.138. The van der Waals surface area contributed by atoms with Crippen LogP contribution in [-0.4, -0.2) is 36.2 Å². The Hall–Kier alpha value is -2.24. The number of aliphatic carboxylic acids is 1. The van der Waals surface area contributed by atoms with Gasteiger partial charge in [0, 0.05) is 5.56 Å². The molecule has 2 N–H and O–H groups in total. The summed E-state index contributed by atoms with van der Waals surface area (Å²) < 4.78 is 11.3. The Morgan fingerprint density at radius 1 is 1.28 bits per heavy atom. The number of carbonyl (C=O) groups is 2. The first-order chi connectivity index (χ1) is 12.0. The highest BCUT2D eigenvalue weighted by molar-refractivity contribution is 5.97. The lowest BCUT2D eigenvalue weighted by Gasteiger charge is -2.21. The standard InChI is InChI=1S/C19H27NO5/c1-4-12(2)17(19(22)23)20-18(21)13-9-10-15(24-3)16(11-13)25-14-7-5-6-8-14/h9-12,14,17H,4-8H2,1-3H3,(H,20,21)(H,22,23). The number of hydrogen-bond donors (Lipinski definition) is 2. The molecule has 0 aromatic heterocycles. The smallest absolute Gasteiger partial charge is 0.326 e. The van der Waals surface area contributed by atoms with Crippen molar-refractivity contribution in [3.8, 4) is 11.5 Å². The first-order valence-electron chi connectivity index (χ1n) is 8.84. The second kappa shape index (κ2) is 8.74. The molecular weight excluding hydrogens is 322 g/mol. The first kappa shape index (κ1) is 19.1. The number of carboxylic acids is 1. The second-order valence-corrected chi connectivity index (χ2v) is 6.56. The van der Waals surface area contributed by atoms with Crippen molar-refractivity contribution in [2.45, 2.75) is 58.1 Å². The first-order valence-corrected chi connectivity index (χ1v) is 8.84. The van der Waals surface area contributed by atoms with E-state index >= 15 is 0 Å². The summed E-state index contributed by atoms with van der Waals surface area (Å²) >= 11 is 0. The van der Waals surface area contributed by atoms with Crippen molar-refractivity contribution < 1.29 is 24.2 Å². The molecule has 1 aliphatic carbocycles. The maximum Gasteiger partial charge on any atom is 0.326 e. The third-order valence-corrected chi connectivity index (χ3v) is 4.79. The summed E-state index contributed by atoms with van der Waals surface area (Å²) in [6.07, 6.45) is 5.07. The van der Waals surface area contributed by atoms with Gasteiger partial charge in [-0.05, 0) is 49.8 Å². The van der Waals surface area contributed by atoms with E-state index in [9.17, 15) is 14.7 Å². The van der Waals surface area contributed by atoms with Crippen molar-refractivity contribution in [1.82, 2.24) is 5.32 Å². The maximum atomic E-state index is 12.5. The van der Waals surface area contributed by atoms with Crippen LogP contribution in [0.4, 0.5) is 0 Å². The second-order valence-electron chi connectivity index (χ2n) is 6.56. The minimum Gasteiger partial charge on any atom is -0.493 e. The van der Waals surface area contributed by atoms with Crippen molar-refractivity contribution in [3.63, 3.8) is 0 Å². The number of hydrogen-bond acceptors (Lipinski definition) is 4. The van der Waals surface area contributed by atoms with Gasteiger partial charge in [0.1, 0.15) is 6.04 Å². The van der Waals surface area contributed by atoms with Crippen molar-refractivity contribution in [2.24, 2.45) is 5.92 Å². The van der Waals surface area contributed by atoms with Crippen LogP contribution in [0.25, 0.3) is 0 Å². The molecule has 1 aliphatic rings. The SMILES string of the molecule is CCC(C)C(NC(=O)c1ccc(OC)c(OC2CCCC2)c1)C(=O)O. The van der Waals surface area contributed by atoms with E-state index < -0.39 is 17.9 Å². The summed E-state index contributed by atoms with van der Waals surface area (Å²) in [5.41, 5.74) is 0.364. The Morgan fingerprint density at radius 3 is 2.52 bits per heavy atom. The molecule has 6 heteroatoms. The van der Waals surface area contributed by atoms with E-state index in [4.69, 9.17) is 9.47 Å². The number of carboxylic acid groups (broad SMARTS) is 1. The highest BCUT2D eigenvalue weighted by atomic mass is 16.5. The lowest BCUT2D eigenvalue weighted by Crippen LogP contribution is -2.45. The lowest BCUT2D eigenvalue weighted by atomic mass is 9.99. The maximum absolute atomic E-state index is 12.5. The molecule has 2 rings (SSSR count). The van der Waals surface area contributed by atoms with Gasteiger partial charge < -0.3 is 19.9 Å². The summed E-state index contributed by atoms with van der Waals surface area (Å²) in [7, 11) is 1.56. The molecule has 0 bridgehead atoms. The Morgan fingerprint density at radius 2 is 1.96 bits per heavy atom. The zero-order chi connectivity index (χ0) is 18.4. The van der Waals surface area contributed by atoms with Crippen LogP contribution in [-0.2, 0) is 4.79 Å². The van der Waals surface area contributed by atoms with Crippen LogP contribution in [0.15, 0.2) is 18.2 Å². The topological polar surface area (TPSA) is 84.9 Å². The molecule has 0 spiro atoms. The van der Waals surface area contributed by atoms with Gasteiger partial charge in [-0.3, -0.25) is 4.79 Å². The summed E-state index contributed by atoms with van der Waals surface area (Å²) in [6.45, 7) is 3.70. The molecule has 25 heavy (non-hydrogen) atoms. The predicted octanol–water partition coefficient (Wildman–Crippen LogP) is 3.25. The highest BCUT2D eigenvalue weighted by Gasteiger charge is 2.26. The predicted molar refractivity (Wildman–Crippen MR) is 94.2 cm³/mol. The normalized spacial score (nSPS) is 16.9. The van der Waals surface area contributed by atoms with Gasteiger partial charge in [-0.25, -0.2) is 4.79 Å². The molecule has 1 aromatic rings. The fourth-order valence-corrected chi connectivity index (χ4v) is 3.00. The molecule has 2 unspecified atom stereocenters.